The standard InChI is InChI=1S/C21H17BrCl2F3N5O3/c1-10(2)9-31(20(34)35)14-7-11(21(25,26)27)6-13(24)17(14)29-19(33)15-8-16(22)30-32(15)18-12(23)4-3-5-28-18/h3-8,10H,9H2,1-2H3,(H,29,33)(H,34,35). The Morgan fingerprint density at radius 2 is 1.91 bits per heavy atom. The molecular formula is C21H17BrCl2F3N5O3. The molecule has 3 aromatic rings. The summed E-state index contributed by atoms with van der Waals surface area (Å²) >= 11 is 15.5. The Labute approximate surface area is 215 Å². The van der Waals surface area contributed by atoms with E-state index in [1.54, 1.807) is 19.9 Å². The van der Waals surface area contributed by atoms with Gasteiger partial charge in [-0.3, -0.25) is 9.69 Å². The van der Waals surface area contributed by atoms with Gasteiger partial charge in [-0.05, 0) is 46.1 Å². The predicted molar refractivity (Wildman–Crippen MR) is 129 cm³/mol. The maximum Gasteiger partial charge on any atom is 0.416 e. The molecular weight excluding hydrogens is 578 g/mol. The third-order valence-corrected chi connectivity index (χ3v) is 5.54. The highest BCUT2D eigenvalue weighted by molar-refractivity contribution is 9.10. The van der Waals surface area contributed by atoms with Gasteiger partial charge >= 0.3 is 12.3 Å². The van der Waals surface area contributed by atoms with Crippen LogP contribution in [-0.2, 0) is 6.18 Å². The molecule has 186 valence electrons. The summed E-state index contributed by atoms with van der Waals surface area (Å²) in [6.07, 6.45) is -4.89. The van der Waals surface area contributed by atoms with Crippen molar-refractivity contribution in [3.8, 4) is 5.82 Å². The molecule has 0 bridgehead atoms. The number of carbonyl (C=O) groups is 2. The third-order valence-electron chi connectivity index (χ3n) is 4.56. The summed E-state index contributed by atoms with van der Waals surface area (Å²) < 4.78 is 41.8. The van der Waals surface area contributed by atoms with E-state index in [-0.39, 0.29) is 39.3 Å². The zero-order chi connectivity index (χ0) is 26.1. The number of amides is 2. The average Bonchev–Trinajstić information content (AvgIpc) is 3.14. The van der Waals surface area contributed by atoms with Gasteiger partial charge < -0.3 is 10.4 Å². The fourth-order valence-corrected chi connectivity index (χ4v) is 3.96. The van der Waals surface area contributed by atoms with E-state index in [1.807, 2.05) is 0 Å². The summed E-state index contributed by atoms with van der Waals surface area (Å²) in [6.45, 7) is 3.23. The molecule has 0 fully saturated rings. The molecule has 0 aliphatic heterocycles. The Balaban J connectivity index is 2.13. The number of nitrogens with one attached hydrogen (secondary N) is 1. The van der Waals surface area contributed by atoms with Crippen LogP contribution in [0.4, 0.5) is 29.3 Å². The van der Waals surface area contributed by atoms with Gasteiger partial charge in [-0.2, -0.15) is 18.3 Å². The molecule has 0 saturated heterocycles. The molecule has 2 heterocycles. The van der Waals surface area contributed by atoms with Gasteiger partial charge in [-0.15, -0.1) is 0 Å². The Kier molecular flexibility index (Phi) is 7.97. The summed E-state index contributed by atoms with van der Waals surface area (Å²) in [5.41, 5.74) is -2.01. The molecule has 0 saturated carbocycles. The number of halogens is 6. The van der Waals surface area contributed by atoms with Gasteiger partial charge in [0.2, 0.25) is 0 Å². The van der Waals surface area contributed by atoms with E-state index in [1.165, 1.54) is 18.3 Å². The molecule has 2 aromatic heterocycles. The van der Waals surface area contributed by atoms with Crippen molar-refractivity contribution in [2.75, 3.05) is 16.8 Å². The van der Waals surface area contributed by atoms with Crippen molar-refractivity contribution in [1.82, 2.24) is 14.8 Å². The molecule has 0 atom stereocenters. The van der Waals surface area contributed by atoms with Crippen molar-refractivity contribution in [2.24, 2.45) is 5.92 Å². The van der Waals surface area contributed by atoms with Gasteiger partial charge in [0.05, 0.1) is 27.0 Å². The highest BCUT2D eigenvalue weighted by Gasteiger charge is 2.34. The first kappa shape index (κ1) is 26.8. The number of hydrogen-bond donors (Lipinski definition) is 2. The molecule has 35 heavy (non-hydrogen) atoms. The number of pyridine rings is 1. The molecule has 2 amide bonds. The zero-order valence-corrected chi connectivity index (χ0v) is 21.2. The summed E-state index contributed by atoms with van der Waals surface area (Å²) in [7, 11) is 0. The van der Waals surface area contributed by atoms with Crippen LogP contribution in [0.5, 0.6) is 0 Å². The lowest BCUT2D eigenvalue weighted by Crippen LogP contribution is -2.34. The molecule has 0 aliphatic rings. The fourth-order valence-electron chi connectivity index (χ4n) is 3.12. The zero-order valence-electron chi connectivity index (χ0n) is 18.1. The molecule has 0 radical (unpaired) electrons. The van der Waals surface area contributed by atoms with Crippen LogP contribution in [-0.4, -0.2) is 38.4 Å². The summed E-state index contributed by atoms with van der Waals surface area (Å²) in [4.78, 5) is 30.0. The molecule has 0 aliphatic carbocycles. The molecule has 1 aromatic carbocycles. The minimum Gasteiger partial charge on any atom is -0.465 e. The molecule has 0 spiro atoms. The van der Waals surface area contributed by atoms with Gasteiger partial charge in [0.15, 0.2) is 5.82 Å². The van der Waals surface area contributed by atoms with Crippen LogP contribution in [0.15, 0.2) is 41.1 Å². The van der Waals surface area contributed by atoms with E-state index < -0.39 is 34.5 Å². The smallest absolute Gasteiger partial charge is 0.416 e. The predicted octanol–water partition coefficient (Wildman–Crippen LogP) is 6.75. The van der Waals surface area contributed by atoms with Crippen LogP contribution in [0.2, 0.25) is 10.0 Å². The maximum atomic E-state index is 13.5. The molecule has 2 N–H and O–H groups in total. The summed E-state index contributed by atoms with van der Waals surface area (Å²) in [5.74, 6) is -0.968. The van der Waals surface area contributed by atoms with E-state index in [2.05, 4.69) is 31.3 Å². The SMILES string of the molecule is CC(C)CN(C(=O)O)c1cc(C(F)(F)F)cc(Cl)c1NC(=O)c1cc(Br)nn1-c1ncccc1Cl. The second-order valence-corrected chi connectivity index (χ2v) is 9.29. The van der Waals surface area contributed by atoms with E-state index in [0.29, 0.717) is 17.0 Å². The van der Waals surface area contributed by atoms with Gasteiger partial charge in [-0.1, -0.05) is 37.0 Å². The van der Waals surface area contributed by atoms with Crippen molar-refractivity contribution >= 4 is 62.5 Å². The minimum absolute atomic E-state index is 0.0925. The number of carbonyl (C=O) groups excluding carboxylic acids is 1. The first-order valence-corrected chi connectivity index (χ1v) is 11.4. The highest BCUT2D eigenvalue weighted by Crippen LogP contribution is 2.41. The average molecular weight is 595 g/mol. The lowest BCUT2D eigenvalue weighted by Gasteiger charge is -2.26. The molecule has 14 heteroatoms. The number of hydrogen-bond acceptors (Lipinski definition) is 4. The van der Waals surface area contributed by atoms with E-state index in [0.717, 1.165) is 4.68 Å². The van der Waals surface area contributed by atoms with Crippen LogP contribution >= 0.6 is 39.1 Å². The topological polar surface area (TPSA) is 100 Å². The number of alkyl halides is 3. The van der Waals surface area contributed by atoms with Crippen molar-refractivity contribution < 1.29 is 27.9 Å². The van der Waals surface area contributed by atoms with Crippen LogP contribution in [0.1, 0.15) is 29.9 Å². The summed E-state index contributed by atoms with van der Waals surface area (Å²) in [5, 5.41) is 16.0. The van der Waals surface area contributed by atoms with Crippen molar-refractivity contribution in [3.63, 3.8) is 0 Å². The van der Waals surface area contributed by atoms with Crippen LogP contribution in [0.3, 0.4) is 0 Å². The normalized spacial score (nSPS) is 11.6. The van der Waals surface area contributed by atoms with Gasteiger partial charge in [-0.25, -0.2) is 14.5 Å². The molecule has 0 unspecified atom stereocenters. The van der Waals surface area contributed by atoms with Crippen molar-refractivity contribution in [1.29, 1.82) is 0 Å². The van der Waals surface area contributed by atoms with Crippen molar-refractivity contribution in [3.05, 3.63) is 62.4 Å². The number of anilines is 2. The number of nitrogens with zero attached hydrogens (tertiary/aromatic N) is 4. The summed E-state index contributed by atoms with van der Waals surface area (Å²) in [6, 6.07) is 5.68. The maximum absolute atomic E-state index is 13.5. The van der Waals surface area contributed by atoms with Crippen LogP contribution in [0.25, 0.3) is 5.82 Å². The Bertz CT molecular complexity index is 1280. The van der Waals surface area contributed by atoms with Crippen molar-refractivity contribution in [2.45, 2.75) is 20.0 Å². The lowest BCUT2D eigenvalue weighted by atomic mass is 10.1. The lowest BCUT2D eigenvalue weighted by molar-refractivity contribution is -0.137. The first-order chi connectivity index (χ1) is 16.3. The largest absolute Gasteiger partial charge is 0.465 e. The van der Waals surface area contributed by atoms with Gasteiger partial charge in [0.1, 0.15) is 10.3 Å². The highest BCUT2D eigenvalue weighted by atomic mass is 79.9. The van der Waals surface area contributed by atoms with E-state index >= 15 is 0 Å². The fraction of sp³-hybridized carbons (Fsp3) is 0.238. The number of benzene rings is 1. The Morgan fingerprint density at radius 1 is 1.23 bits per heavy atom. The Hall–Kier alpha value is -2.83. The van der Waals surface area contributed by atoms with E-state index in [4.69, 9.17) is 23.2 Å². The first-order valence-electron chi connectivity index (χ1n) is 9.88. The van der Waals surface area contributed by atoms with Gasteiger partial charge in [0, 0.05) is 18.8 Å². The van der Waals surface area contributed by atoms with Crippen LogP contribution < -0.4 is 10.2 Å². The molecule has 3 rings (SSSR count). The van der Waals surface area contributed by atoms with E-state index in [9.17, 15) is 27.9 Å². The molecule has 8 nitrogen and oxygen atoms in total. The quantitative estimate of drug-likeness (QED) is 0.329. The number of aromatic nitrogens is 3. The monoisotopic (exact) mass is 593 g/mol. The minimum atomic E-state index is -4.80. The number of carboxylic acid groups (broad SMARTS) is 1. The van der Waals surface area contributed by atoms with Gasteiger partial charge in [0.25, 0.3) is 5.91 Å². The second kappa shape index (κ2) is 10.4. The Morgan fingerprint density at radius 3 is 2.49 bits per heavy atom. The second-order valence-electron chi connectivity index (χ2n) is 7.66. The number of rotatable bonds is 6. The van der Waals surface area contributed by atoms with Crippen LogP contribution in [0, 0.1) is 5.92 Å². The third kappa shape index (κ3) is 6.06.